The summed E-state index contributed by atoms with van der Waals surface area (Å²) in [5, 5.41) is 1.88. The Morgan fingerprint density at radius 2 is 1.75 bits per heavy atom. The smallest absolute Gasteiger partial charge is 0.243 e. The van der Waals surface area contributed by atoms with Crippen molar-refractivity contribution in [3.63, 3.8) is 0 Å². The Labute approximate surface area is 167 Å². The van der Waals surface area contributed by atoms with Crippen LogP contribution in [0.2, 0.25) is 0 Å². The summed E-state index contributed by atoms with van der Waals surface area (Å²) in [5.41, 5.74) is 0. The first-order valence-corrected chi connectivity index (χ1v) is 11.7. The van der Waals surface area contributed by atoms with Crippen molar-refractivity contribution in [3.8, 4) is 0 Å². The molecule has 2 aliphatic rings. The minimum Gasteiger partial charge on any atom is -0.338 e. The lowest BCUT2D eigenvalue weighted by Gasteiger charge is -2.44. The third kappa shape index (κ3) is 3.67. The van der Waals surface area contributed by atoms with Gasteiger partial charge in [-0.25, -0.2) is 8.42 Å². The number of likely N-dealkylation sites (tertiary alicyclic amines) is 1. The zero-order valence-electron chi connectivity index (χ0n) is 16.4. The highest BCUT2D eigenvalue weighted by Gasteiger charge is 2.36. The minimum absolute atomic E-state index is 0.0662. The van der Waals surface area contributed by atoms with Crippen molar-refractivity contribution in [1.82, 2.24) is 9.21 Å². The Balaban J connectivity index is 1.51. The van der Waals surface area contributed by atoms with Gasteiger partial charge in [-0.1, -0.05) is 43.2 Å². The highest BCUT2D eigenvalue weighted by Crippen LogP contribution is 2.35. The third-order valence-corrected chi connectivity index (χ3v) is 8.15. The van der Waals surface area contributed by atoms with Crippen LogP contribution in [-0.4, -0.2) is 49.7 Å². The summed E-state index contributed by atoms with van der Waals surface area (Å²) < 4.78 is 27.3. The molecule has 6 heteroatoms. The van der Waals surface area contributed by atoms with Crippen LogP contribution in [0.5, 0.6) is 0 Å². The quantitative estimate of drug-likeness (QED) is 0.787. The number of nitrogens with zero attached hydrogens (tertiary/aromatic N) is 2. The number of benzene rings is 2. The molecule has 1 aliphatic heterocycles. The molecule has 2 fully saturated rings. The number of fused-ring (bicyclic) bond motifs is 2. The number of carbonyl (C=O) groups excluding carboxylic acids is 1. The van der Waals surface area contributed by atoms with Gasteiger partial charge in [0, 0.05) is 19.6 Å². The summed E-state index contributed by atoms with van der Waals surface area (Å²) in [6.07, 6.45) is 6.88. The van der Waals surface area contributed by atoms with E-state index in [9.17, 15) is 13.2 Å². The van der Waals surface area contributed by atoms with Gasteiger partial charge in [0.05, 0.1) is 11.4 Å². The fourth-order valence-electron chi connectivity index (χ4n) is 4.81. The van der Waals surface area contributed by atoms with E-state index in [4.69, 9.17) is 0 Å². The second kappa shape index (κ2) is 7.84. The summed E-state index contributed by atoms with van der Waals surface area (Å²) in [6, 6.07) is 13.1. The average Bonchev–Trinajstić information content (AvgIpc) is 2.72. The Morgan fingerprint density at radius 3 is 2.57 bits per heavy atom. The molecule has 2 aromatic carbocycles. The van der Waals surface area contributed by atoms with Gasteiger partial charge in [-0.05, 0) is 54.5 Å². The summed E-state index contributed by atoms with van der Waals surface area (Å²) in [5.74, 6) is 0.525. The zero-order chi connectivity index (χ0) is 19.7. The molecule has 1 saturated carbocycles. The lowest BCUT2D eigenvalue weighted by atomic mass is 9.78. The van der Waals surface area contributed by atoms with Gasteiger partial charge in [-0.3, -0.25) is 4.79 Å². The molecule has 0 aromatic heterocycles. The topological polar surface area (TPSA) is 57.7 Å². The predicted octanol–water partition coefficient (Wildman–Crippen LogP) is 3.64. The molecule has 1 aliphatic carbocycles. The molecule has 2 atom stereocenters. The molecule has 5 nitrogen and oxygen atoms in total. The van der Waals surface area contributed by atoms with Gasteiger partial charge in [0.2, 0.25) is 15.9 Å². The minimum atomic E-state index is -3.71. The lowest BCUT2D eigenvalue weighted by Crippen LogP contribution is -2.52. The van der Waals surface area contributed by atoms with Gasteiger partial charge in [-0.15, -0.1) is 0 Å². The lowest BCUT2D eigenvalue weighted by molar-refractivity contribution is -0.137. The van der Waals surface area contributed by atoms with E-state index in [1.165, 1.54) is 30.6 Å². The maximum absolute atomic E-state index is 13.0. The van der Waals surface area contributed by atoms with E-state index < -0.39 is 10.0 Å². The van der Waals surface area contributed by atoms with Gasteiger partial charge in [-0.2, -0.15) is 4.31 Å². The molecule has 150 valence electrons. The number of rotatable bonds is 4. The molecular formula is C22H28N2O3S. The predicted molar refractivity (Wildman–Crippen MR) is 110 cm³/mol. The first-order valence-electron chi connectivity index (χ1n) is 10.2. The van der Waals surface area contributed by atoms with Crippen LogP contribution in [0.4, 0.5) is 0 Å². The Kier molecular flexibility index (Phi) is 5.43. The molecular weight excluding hydrogens is 372 g/mol. The van der Waals surface area contributed by atoms with Crippen LogP contribution in [0.3, 0.4) is 0 Å². The van der Waals surface area contributed by atoms with Crippen LogP contribution in [0.25, 0.3) is 10.8 Å². The second-order valence-corrected chi connectivity index (χ2v) is 10.2. The molecule has 0 N–H and O–H groups in total. The second-order valence-electron chi connectivity index (χ2n) is 8.11. The van der Waals surface area contributed by atoms with Crippen LogP contribution in [0.1, 0.15) is 38.5 Å². The molecule has 28 heavy (non-hydrogen) atoms. The van der Waals surface area contributed by atoms with E-state index >= 15 is 0 Å². The number of hydrogen-bond donors (Lipinski definition) is 0. The first-order chi connectivity index (χ1) is 13.5. The van der Waals surface area contributed by atoms with Gasteiger partial charge in [0.25, 0.3) is 0 Å². The Morgan fingerprint density at radius 1 is 1.04 bits per heavy atom. The number of sulfonamides is 1. The monoisotopic (exact) mass is 400 g/mol. The molecule has 2 unspecified atom stereocenters. The number of piperidine rings is 1. The van der Waals surface area contributed by atoms with E-state index in [2.05, 4.69) is 0 Å². The van der Waals surface area contributed by atoms with Crippen LogP contribution >= 0.6 is 0 Å². The molecule has 1 amide bonds. The van der Waals surface area contributed by atoms with Crippen molar-refractivity contribution in [3.05, 3.63) is 42.5 Å². The molecule has 1 heterocycles. The normalized spacial score (nSPS) is 23.0. The number of hydrogen-bond acceptors (Lipinski definition) is 3. The molecule has 0 spiro atoms. The van der Waals surface area contributed by atoms with E-state index in [0.717, 1.165) is 36.6 Å². The largest absolute Gasteiger partial charge is 0.338 e. The van der Waals surface area contributed by atoms with Crippen LogP contribution in [0, 0.1) is 5.92 Å². The average molecular weight is 401 g/mol. The zero-order valence-corrected chi connectivity index (χ0v) is 17.2. The fraction of sp³-hybridized carbons (Fsp3) is 0.500. The van der Waals surface area contributed by atoms with Crippen LogP contribution < -0.4 is 0 Å². The van der Waals surface area contributed by atoms with Crippen molar-refractivity contribution in [2.24, 2.45) is 5.92 Å². The fourth-order valence-corrected chi connectivity index (χ4v) is 5.96. The van der Waals surface area contributed by atoms with Gasteiger partial charge >= 0.3 is 0 Å². The van der Waals surface area contributed by atoms with E-state index in [-0.39, 0.29) is 17.3 Å². The SMILES string of the molecule is CN(CC(=O)N1CCCC2CCCCC21)S(=O)(=O)c1ccc2ccccc2c1. The maximum Gasteiger partial charge on any atom is 0.243 e. The summed E-state index contributed by atoms with van der Waals surface area (Å²) >= 11 is 0. The van der Waals surface area contributed by atoms with E-state index in [1.807, 2.05) is 35.2 Å². The summed E-state index contributed by atoms with van der Waals surface area (Å²) in [6.45, 7) is 0.655. The van der Waals surface area contributed by atoms with E-state index in [0.29, 0.717) is 12.0 Å². The molecule has 0 radical (unpaired) electrons. The summed E-state index contributed by atoms with van der Waals surface area (Å²) in [7, 11) is -2.20. The Hall–Kier alpha value is -1.92. The Bertz CT molecular complexity index is 971. The molecule has 1 saturated heterocycles. The molecule has 0 bridgehead atoms. The van der Waals surface area contributed by atoms with Crippen LogP contribution in [0.15, 0.2) is 47.4 Å². The van der Waals surface area contributed by atoms with Crippen molar-refractivity contribution in [2.45, 2.75) is 49.5 Å². The maximum atomic E-state index is 13.0. The first kappa shape index (κ1) is 19.4. The van der Waals surface area contributed by atoms with Crippen molar-refractivity contribution in [2.75, 3.05) is 20.1 Å². The van der Waals surface area contributed by atoms with Crippen molar-refractivity contribution >= 4 is 26.7 Å². The van der Waals surface area contributed by atoms with E-state index in [1.54, 1.807) is 12.1 Å². The highest BCUT2D eigenvalue weighted by molar-refractivity contribution is 7.89. The standard InChI is InChI=1S/C22H28N2O3S/c1-23(16-22(25)24-14-6-10-18-8-4-5-11-21(18)24)28(26,27)20-13-12-17-7-2-3-9-19(17)15-20/h2-3,7,9,12-13,15,18,21H,4-6,8,10-11,14,16H2,1H3. The van der Waals surface area contributed by atoms with Crippen LogP contribution in [-0.2, 0) is 14.8 Å². The number of likely N-dealkylation sites (N-methyl/N-ethyl adjacent to an activating group) is 1. The van der Waals surface area contributed by atoms with Gasteiger partial charge in [0.15, 0.2) is 0 Å². The van der Waals surface area contributed by atoms with Gasteiger partial charge < -0.3 is 4.90 Å². The number of amides is 1. The number of carbonyl (C=O) groups is 1. The molecule has 2 aromatic rings. The van der Waals surface area contributed by atoms with Crippen molar-refractivity contribution < 1.29 is 13.2 Å². The van der Waals surface area contributed by atoms with Gasteiger partial charge in [0.1, 0.15) is 0 Å². The molecule has 4 rings (SSSR count). The third-order valence-electron chi connectivity index (χ3n) is 6.35. The van der Waals surface area contributed by atoms with Crippen molar-refractivity contribution in [1.29, 1.82) is 0 Å². The summed E-state index contributed by atoms with van der Waals surface area (Å²) in [4.78, 5) is 15.2. The highest BCUT2D eigenvalue weighted by atomic mass is 32.2.